The number of hydrogen-bond donors (Lipinski definition) is 1. The van der Waals surface area contributed by atoms with E-state index in [0.717, 1.165) is 5.56 Å². The van der Waals surface area contributed by atoms with Crippen molar-refractivity contribution in [3.63, 3.8) is 0 Å². The number of nitrogens with zero attached hydrogens (tertiary/aromatic N) is 1. The van der Waals surface area contributed by atoms with E-state index in [0.29, 0.717) is 18.2 Å². The molecule has 0 bridgehead atoms. The highest BCUT2D eigenvalue weighted by atomic mass is 32.1. The summed E-state index contributed by atoms with van der Waals surface area (Å²) < 4.78 is 10.3. The van der Waals surface area contributed by atoms with Crippen molar-refractivity contribution in [3.05, 3.63) is 35.9 Å². The van der Waals surface area contributed by atoms with Crippen LogP contribution in [0.3, 0.4) is 0 Å². The number of benzene rings is 1. The summed E-state index contributed by atoms with van der Waals surface area (Å²) in [6.07, 6.45) is -0.333. The summed E-state index contributed by atoms with van der Waals surface area (Å²) >= 11 is 5.02. The maximum absolute atomic E-state index is 5.69. The van der Waals surface area contributed by atoms with Gasteiger partial charge in [0.25, 0.3) is 0 Å². The van der Waals surface area contributed by atoms with E-state index in [2.05, 4.69) is 0 Å². The fourth-order valence-electron chi connectivity index (χ4n) is 1.46. The Kier molecular flexibility index (Phi) is 5.90. The third-order valence-electron chi connectivity index (χ3n) is 2.42. The molecule has 5 heteroatoms. The van der Waals surface area contributed by atoms with Gasteiger partial charge < -0.3 is 20.1 Å². The van der Waals surface area contributed by atoms with Gasteiger partial charge >= 0.3 is 0 Å². The summed E-state index contributed by atoms with van der Waals surface area (Å²) in [5.74, 6) is 0. The Labute approximate surface area is 107 Å². The molecule has 0 atom stereocenters. The Morgan fingerprint density at radius 3 is 2.35 bits per heavy atom. The van der Waals surface area contributed by atoms with E-state index in [1.807, 2.05) is 35.2 Å². The molecule has 0 amide bonds. The monoisotopic (exact) mass is 254 g/mol. The molecule has 0 aliphatic carbocycles. The summed E-state index contributed by atoms with van der Waals surface area (Å²) in [5.41, 5.74) is 6.83. The van der Waals surface area contributed by atoms with Crippen LogP contribution in [-0.4, -0.2) is 37.1 Å². The van der Waals surface area contributed by atoms with E-state index in [9.17, 15) is 0 Å². The molecule has 0 aromatic heterocycles. The Hall–Kier alpha value is -1.17. The minimum absolute atomic E-state index is 0.333. The van der Waals surface area contributed by atoms with Crippen LogP contribution in [0.15, 0.2) is 30.3 Å². The highest BCUT2D eigenvalue weighted by Crippen LogP contribution is 2.06. The molecule has 0 saturated carbocycles. The first-order valence-electron chi connectivity index (χ1n) is 5.31. The van der Waals surface area contributed by atoms with Crippen LogP contribution in [0.2, 0.25) is 0 Å². The molecular weight excluding hydrogens is 236 g/mol. The molecule has 0 unspecified atom stereocenters. The van der Waals surface area contributed by atoms with Crippen molar-refractivity contribution in [2.24, 2.45) is 5.73 Å². The smallest absolute Gasteiger partial charge is 0.174 e. The zero-order valence-electron chi connectivity index (χ0n) is 10.1. The lowest BCUT2D eigenvalue weighted by Crippen LogP contribution is -2.41. The zero-order valence-corrected chi connectivity index (χ0v) is 10.9. The van der Waals surface area contributed by atoms with Gasteiger partial charge in [-0.3, -0.25) is 0 Å². The minimum Gasteiger partial charge on any atom is -0.376 e. The molecule has 1 aromatic rings. The van der Waals surface area contributed by atoms with Crippen LogP contribution in [0, 0.1) is 0 Å². The molecular formula is C12H18N2O2S. The van der Waals surface area contributed by atoms with Gasteiger partial charge in [-0.1, -0.05) is 30.3 Å². The van der Waals surface area contributed by atoms with E-state index in [-0.39, 0.29) is 6.29 Å². The number of nitrogens with two attached hydrogens (primary N) is 1. The summed E-state index contributed by atoms with van der Waals surface area (Å²) in [4.78, 5) is 1.85. The normalized spacial score (nSPS) is 10.5. The highest BCUT2D eigenvalue weighted by molar-refractivity contribution is 7.80. The van der Waals surface area contributed by atoms with E-state index in [1.54, 1.807) is 14.2 Å². The second kappa shape index (κ2) is 7.21. The topological polar surface area (TPSA) is 47.7 Å². The molecule has 0 saturated heterocycles. The average Bonchev–Trinajstić information content (AvgIpc) is 2.35. The lowest BCUT2D eigenvalue weighted by Gasteiger charge is -2.26. The van der Waals surface area contributed by atoms with Crippen LogP contribution < -0.4 is 5.73 Å². The number of ether oxygens (including phenoxy) is 2. The number of rotatable bonds is 6. The van der Waals surface area contributed by atoms with Gasteiger partial charge in [0.2, 0.25) is 0 Å². The second-order valence-electron chi connectivity index (χ2n) is 3.61. The van der Waals surface area contributed by atoms with Crippen molar-refractivity contribution in [2.75, 3.05) is 20.8 Å². The van der Waals surface area contributed by atoms with E-state index >= 15 is 0 Å². The fourth-order valence-corrected chi connectivity index (χ4v) is 1.60. The van der Waals surface area contributed by atoms with E-state index in [4.69, 9.17) is 27.4 Å². The molecule has 0 aliphatic heterocycles. The maximum atomic E-state index is 5.69. The van der Waals surface area contributed by atoms with Gasteiger partial charge in [-0.15, -0.1) is 0 Å². The predicted octanol–water partition coefficient (Wildman–Crippen LogP) is 1.35. The van der Waals surface area contributed by atoms with Gasteiger partial charge in [0.1, 0.15) is 0 Å². The standard InChI is InChI=1S/C12H18N2O2S/c1-15-11(16-2)9-14(12(13)17)8-10-6-4-3-5-7-10/h3-7,11H,8-9H2,1-2H3,(H2,13,17). The Morgan fingerprint density at radius 1 is 1.29 bits per heavy atom. The average molecular weight is 254 g/mol. The van der Waals surface area contributed by atoms with Crippen molar-refractivity contribution in [3.8, 4) is 0 Å². The van der Waals surface area contributed by atoms with Crippen LogP contribution >= 0.6 is 12.2 Å². The van der Waals surface area contributed by atoms with Gasteiger partial charge in [-0.25, -0.2) is 0 Å². The molecule has 2 N–H and O–H groups in total. The Bertz CT molecular complexity index is 342. The summed E-state index contributed by atoms with van der Waals surface area (Å²) in [6.45, 7) is 1.16. The van der Waals surface area contributed by atoms with Crippen molar-refractivity contribution >= 4 is 17.3 Å². The second-order valence-corrected chi connectivity index (χ2v) is 4.02. The zero-order chi connectivity index (χ0) is 12.7. The number of thiocarbonyl (C=S) groups is 1. The minimum atomic E-state index is -0.333. The molecule has 0 radical (unpaired) electrons. The third-order valence-corrected chi connectivity index (χ3v) is 2.68. The largest absolute Gasteiger partial charge is 0.376 e. The highest BCUT2D eigenvalue weighted by Gasteiger charge is 2.14. The SMILES string of the molecule is COC(CN(Cc1ccccc1)C(N)=S)OC. The molecule has 0 fully saturated rings. The Balaban J connectivity index is 2.64. The molecule has 17 heavy (non-hydrogen) atoms. The third kappa shape index (κ3) is 4.68. The van der Waals surface area contributed by atoms with Gasteiger partial charge in [0.15, 0.2) is 11.4 Å². The summed E-state index contributed by atoms with van der Waals surface area (Å²) in [7, 11) is 3.18. The van der Waals surface area contributed by atoms with Crippen molar-refractivity contribution in [1.82, 2.24) is 4.90 Å². The molecule has 1 rings (SSSR count). The summed E-state index contributed by atoms with van der Waals surface area (Å²) in [5, 5.41) is 0.341. The van der Waals surface area contributed by atoms with Crippen molar-refractivity contribution in [2.45, 2.75) is 12.8 Å². The molecule has 4 nitrogen and oxygen atoms in total. The first-order valence-corrected chi connectivity index (χ1v) is 5.72. The molecule has 94 valence electrons. The number of hydrogen-bond acceptors (Lipinski definition) is 3. The lowest BCUT2D eigenvalue weighted by atomic mass is 10.2. The predicted molar refractivity (Wildman–Crippen MR) is 71.4 cm³/mol. The number of methoxy groups -OCH3 is 2. The quantitative estimate of drug-likeness (QED) is 0.613. The maximum Gasteiger partial charge on any atom is 0.174 e. The van der Waals surface area contributed by atoms with Crippen molar-refractivity contribution in [1.29, 1.82) is 0 Å². The Morgan fingerprint density at radius 2 is 1.88 bits per heavy atom. The van der Waals surface area contributed by atoms with Gasteiger partial charge in [0, 0.05) is 20.8 Å². The van der Waals surface area contributed by atoms with Gasteiger partial charge in [-0.05, 0) is 17.8 Å². The first-order chi connectivity index (χ1) is 8.17. The van der Waals surface area contributed by atoms with Crippen LogP contribution in [0.4, 0.5) is 0 Å². The molecule has 0 spiro atoms. The fraction of sp³-hybridized carbons (Fsp3) is 0.417. The van der Waals surface area contributed by atoms with Crippen molar-refractivity contribution < 1.29 is 9.47 Å². The molecule has 0 aliphatic rings. The van der Waals surface area contributed by atoms with Gasteiger partial charge in [-0.2, -0.15) is 0 Å². The first kappa shape index (κ1) is 13.9. The van der Waals surface area contributed by atoms with Crippen LogP contribution in [0.5, 0.6) is 0 Å². The van der Waals surface area contributed by atoms with Gasteiger partial charge in [0.05, 0.1) is 6.54 Å². The lowest BCUT2D eigenvalue weighted by molar-refractivity contribution is -0.110. The van der Waals surface area contributed by atoms with E-state index < -0.39 is 0 Å². The van der Waals surface area contributed by atoms with Crippen LogP contribution in [-0.2, 0) is 16.0 Å². The molecule has 1 aromatic carbocycles. The van der Waals surface area contributed by atoms with Crippen LogP contribution in [0.1, 0.15) is 5.56 Å². The summed E-state index contributed by atoms with van der Waals surface area (Å²) in [6, 6.07) is 10.00. The molecule has 0 heterocycles. The van der Waals surface area contributed by atoms with Crippen LogP contribution in [0.25, 0.3) is 0 Å². The van der Waals surface area contributed by atoms with E-state index in [1.165, 1.54) is 0 Å².